The molecule has 0 aromatic carbocycles. The van der Waals surface area contributed by atoms with E-state index < -0.39 is 11.7 Å². The minimum atomic E-state index is -1.12. The molecule has 0 aliphatic rings. The van der Waals surface area contributed by atoms with Crippen LogP contribution in [0.15, 0.2) is 34.7 Å². The van der Waals surface area contributed by atoms with Gasteiger partial charge in [-0.1, -0.05) is 19.4 Å². The van der Waals surface area contributed by atoms with Crippen LogP contribution in [0.25, 0.3) is 0 Å². The molecule has 0 atom stereocenters. The summed E-state index contributed by atoms with van der Waals surface area (Å²) in [6, 6.07) is 0. The Morgan fingerprint density at radius 3 is 1.94 bits per heavy atom. The van der Waals surface area contributed by atoms with Crippen molar-refractivity contribution < 1.29 is 13.2 Å². The number of rotatable bonds is 4. The summed E-state index contributed by atoms with van der Waals surface area (Å²) in [7, 11) is 0. The largest absolute Gasteiger partial charge is 0.212 e. The first-order chi connectivity index (χ1) is 7.31. The maximum atomic E-state index is 13.9. The molecular weight excluding hydrogens is 213 g/mol. The molecule has 0 unspecified atom stereocenters. The van der Waals surface area contributed by atoms with Gasteiger partial charge in [0.15, 0.2) is 5.83 Å². The molecule has 0 saturated heterocycles. The first kappa shape index (κ1) is 15.0. The third kappa shape index (κ3) is 4.25. The molecule has 92 valence electrons. The van der Waals surface area contributed by atoms with Crippen molar-refractivity contribution in [2.45, 2.75) is 41.0 Å². The molecule has 0 aromatic rings. The molecule has 3 heteroatoms. The molecule has 0 fully saturated rings. The average molecular weight is 232 g/mol. The van der Waals surface area contributed by atoms with Crippen LogP contribution in [0.3, 0.4) is 0 Å². The van der Waals surface area contributed by atoms with Crippen molar-refractivity contribution in [2.24, 2.45) is 5.92 Å². The molecule has 0 saturated carbocycles. The molecule has 16 heavy (non-hydrogen) atoms. The molecule has 0 aliphatic carbocycles. The van der Waals surface area contributed by atoms with Crippen LogP contribution in [0.5, 0.6) is 0 Å². The van der Waals surface area contributed by atoms with Crippen molar-refractivity contribution in [3.05, 3.63) is 34.7 Å². The molecule has 0 bridgehead atoms. The Kier molecular flexibility index (Phi) is 6.16. The number of hydrogen-bond acceptors (Lipinski definition) is 0. The van der Waals surface area contributed by atoms with E-state index in [0.29, 0.717) is 5.57 Å². The summed E-state index contributed by atoms with van der Waals surface area (Å²) in [5, 5.41) is 0. The third-order valence-corrected chi connectivity index (χ3v) is 2.34. The highest BCUT2D eigenvalue weighted by molar-refractivity contribution is 5.39. The Labute approximate surface area is 95.5 Å². The molecule has 0 aromatic heterocycles. The van der Waals surface area contributed by atoms with E-state index in [1.807, 2.05) is 13.8 Å². The molecule has 0 rings (SSSR count). The minimum absolute atomic E-state index is 0.0661. The van der Waals surface area contributed by atoms with Gasteiger partial charge >= 0.3 is 0 Å². The summed E-state index contributed by atoms with van der Waals surface area (Å²) in [6.07, 6.45) is -0.00171. The Morgan fingerprint density at radius 1 is 1.12 bits per heavy atom. The van der Waals surface area contributed by atoms with Gasteiger partial charge in [0.25, 0.3) is 0 Å². The second-order valence-electron chi connectivity index (χ2n) is 4.47. The SMILES string of the molecule is CC(C)=C(C)/C(F)=C(CC(C)C)\C(F)=C\F. The molecular formula is C13H19F3. The van der Waals surface area contributed by atoms with E-state index in [9.17, 15) is 13.2 Å². The maximum Gasteiger partial charge on any atom is 0.157 e. The molecule has 0 N–H and O–H groups in total. The first-order valence-corrected chi connectivity index (χ1v) is 5.30. The van der Waals surface area contributed by atoms with Crippen LogP contribution in [0.2, 0.25) is 0 Å². The van der Waals surface area contributed by atoms with Crippen LogP contribution in [-0.2, 0) is 0 Å². The van der Waals surface area contributed by atoms with Gasteiger partial charge in [-0.05, 0) is 38.7 Å². The zero-order valence-corrected chi connectivity index (χ0v) is 10.5. The number of allylic oxidation sites excluding steroid dienone is 5. The molecule has 0 heterocycles. The molecule has 0 radical (unpaired) electrons. The van der Waals surface area contributed by atoms with Crippen LogP contribution < -0.4 is 0 Å². The lowest BCUT2D eigenvalue weighted by molar-refractivity contribution is 0.531. The van der Waals surface area contributed by atoms with Gasteiger partial charge in [0.1, 0.15) is 12.2 Å². The van der Waals surface area contributed by atoms with Gasteiger partial charge in [0.2, 0.25) is 0 Å². The van der Waals surface area contributed by atoms with Crippen molar-refractivity contribution in [3.8, 4) is 0 Å². The first-order valence-electron chi connectivity index (χ1n) is 5.30. The fourth-order valence-corrected chi connectivity index (χ4v) is 1.21. The fraction of sp³-hybridized carbons (Fsp3) is 0.538. The molecule has 0 nitrogen and oxygen atoms in total. The van der Waals surface area contributed by atoms with E-state index in [4.69, 9.17) is 0 Å². The Hall–Kier alpha value is -0.990. The van der Waals surface area contributed by atoms with E-state index in [-0.39, 0.29) is 24.2 Å². The van der Waals surface area contributed by atoms with Crippen LogP contribution in [0.1, 0.15) is 41.0 Å². The highest BCUT2D eigenvalue weighted by atomic mass is 19.2. The van der Waals surface area contributed by atoms with E-state index in [1.165, 1.54) is 0 Å². The second kappa shape index (κ2) is 6.56. The number of halogens is 3. The fourth-order valence-electron chi connectivity index (χ4n) is 1.21. The van der Waals surface area contributed by atoms with E-state index in [0.717, 1.165) is 5.57 Å². The van der Waals surface area contributed by atoms with Gasteiger partial charge in [0.05, 0.1) is 0 Å². The van der Waals surface area contributed by atoms with Gasteiger partial charge in [-0.15, -0.1) is 0 Å². The van der Waals surface area contributed by atoms with Crippen molar-refractivity contribution in [2.75, 3.05) is 0 Å². The Balaban J connectivity index is 5.47. The lowest BCUT2D eigenvalue weighted by Crippen LogP contribution is -1.97. The minimum Gasteiger partial charge on any atom is -0.212 e. The number of hydrogen-bond donors (Lipinski definition) is 0. The molecule has 0 spiro atoms. The summed E-state index contributed by atoms with van der Waals surface area (Å²) in [5.74, 6) is -1.71. The Bertz CT molecular complexity index is 329. The van der Waals surface area contributed by atoms with Crippen molar-refractivity contribution in [1.82, 2.24) is 0 Å². The van der Waals surface area contributed by atoms with Gasteiger partial charge in [0, 0.05) is 5.57 Å². The van der Waals surface area contributed by atoms with Crippen molar-refractivity contribution in [3.63, 3.8) is 0 Å². The zero-order chi connectivity index (χ0) is 12.9. The summed E-state index contributed by atoms with van der Waals surface area (Å²) in [6.45, 7) is 8.70. The molecule has 0 amide bonds. The second-order valence-corrected chi connectivity index (χ2v) is 4.47. The summed E-state index contributed by atoms with van der Waals surface area (Å²) in [5.41, 5.74) is 0.939. The normalized spacial score (nSPS) is 13.9. The predicted octanol–water partition coefficient (Wildman–Crippen LogP) is 5.39. The third-order valence-electron chi connectivity index (χ3n) is 2.34. The summed E-state index contributed by atoms with van der Waals surface area (Å²) in [4.78, 5) is 0. The zero-order valence-electron chi connectivity index (χ0n) is 10.5. The topological polar surface area (TPSA) is 0 Å². The lowest BCUT2D eigenvalue weighted by Gasteiger charge is -2.11. The summed E-state index contributed by atoms with van der Waals surface area (Å²) >= 11 is 0. The quantitative estimate of drug-likeness (QED) is 0.570. The highest BCUT2D eigenvalue weighted by Crippen LogP contribution is 2.29. The monoisotopic (exact) mass is 232 g/mol. The lowest BCUT2D eigenvalue weighted by atomic mass is 9.98. The van der Waals surface area contributed by atoms with E-state index in [1.54, 1.807) is 20.8 Å². The Morgan fingerprint density at radius 2 is 1.62 bits per heavy atom. The molecule has 0 aliphatic heterocycles. The van der Waals surface area contributed by atoms with Gasteiger partial charge in [-0.25, -0.2) is 13.2 Å². The van der Waals surface area contributed by atoms with Crippen LogP contribution in [0, 0.1) is 5.92 Å². The van der Waals surface area contributed by atoms with Gasteiger partial charge < -0.3 is 0 Å². The van der Waals surface area contributed by atoms with Crippen LogP contribution in [-0.4, -0.2) is 0 Å². The predicted molar refractivity (Wildman–Crippen MR) is 61.9 cm³/mol. The highest BCUT2D eigenvalue weighted by Gasteiger charge is 2.16. The van der Waals surface area contributed by atoms with Crippen LogP contribution >= 0.6 is 0 Å². The van der Waals surface area contributed by atoms with Gasteiger partial charge in [-0.2, -0.15) is 0 Å². The van der Waals surface area contributed by atoms with Crippen molar-refractivity contribution >= 4 is 0 Å². The van der Waals surface area contributed by atoms with E-state index >= 15 is 0 Å². The van der Waals surface area contributed by atoms with Crippen LogP contribution in [0.4, 0.5) is 13.2 Å². The smallest absolute Gasteiger partial charge is 0.157 e. The maximum absolute atomic E-state index is 13.9. The van der Waals surface area contributed by atoms with Gasteiger partial charge in [-0.3, -0.25) is 0 Å². The average Bonchev–Trinajstić information content (AvgIpc) is 2.22. The standard InChI is InChI=1S/C13H19F3/c1-8(2)6-11(12(15)7-14)13(16)10(5)9(3)4/h7-8H,6H2,1-5H3/b12-7-,13-11+. The summed E-state index contributed by atoms with van der Waals surface area (Å²) < 4.78 is 39.2. The van der Waals surface area contributed by atoms with Crippen molar-refractivity contribution in [1.29, 1.82) is 0 Å². The van der Waals surface area contributed by atoms with E-state index in [2.05, 4.69) is 0 Å².